The molecular formula is C36H68N+. The number of aryl methyl sites for hydroxylation is 3. The predicted molar refractivity (Wildman–Crippen MR) is 166 cm³/mol. The van der Waals surface area contributed by atoms with Crippen LogP contribution in [0.15, 0.2) is 18.5 Å². The van der Waals surface area contributed by atoms with Crippen molar-refractivity contribution in [3.63, 3.8) is 0 Å². The van der Waals surface area contributed by atoms with E-state index < -0.39 is 0 Å². The number of hydrogen-bond donors (Lipinski definition) is 0. The average molecular weight is 515 g/mol. The van der Waals surface area contributed by atoms with Gasteiger partial charge in [-0.25, -0.2) is 4.57 Å². The third-order valence-electron chi connectivity index (χ3n) is 8.28. The zero-order valence-corrected chi connectivity index (χ0v) is 26.0. The van der Waals surface area contributed by atoms with Gasteiger partial charge in [0.2, 0.25) is 0 Å². The number of rotatable bonds is 28. The standard InChI is InChI=1S/C36H68N/c1-4-7-9-11-13-15-17-19-21-23-25-27-29-35-31-33-37(32-6-3)34-36(35)30-28-26-24-22-20-18-16-14-12-10-8-5-2/h31,33-34H,4-30,32H2,1-3H3/q+1. The molecule has 0 radical (unpaired) electrons. The highest BCUT2D eigenvalue weighted by Gasteiger charge is 2.09. The van der Waals surface area contributed by atoms with Gasteiger partial charge in [-0.15, -0.1) is 0 Å². The Morgan fingerprint density at radius 1 is 0.405 bits per heavy atom. The Labute approximate surface area is 234 Å². The van der Waals surface area contributed by atoms with Crippen LogP contribution in [0.1, 0.15) is 192 Å². The Bertz CT molecular complexity index is 592. The van der Waals surface area contributed by atoms with Crippen LogP contribution < -0.4 is 4.57 Å². The summed E-state index contributed by atoms with van der Waals surface area (Å²) < 4.78 is 2.43. The highest BCUT2D eigenvalue weighted by molar-refractivity contribution is 5.21. The van der Waals surface area contributed by atoms with Gasteiger partial charge < -0.3 is 0 Å². The molecule has 37 heavy (non-hydrogen) atoms. The maximum atomic E-state index is 2.48. The van der Waals surface area contributed by atoms with Gasteiger partial charge in [-0.3, -0.25) is 0 Å². The van der Waals surface area contributed by atoms with E-state index in [4.69, 9.17) is 0 Å². The Kier molecular flexibility index (Phi) is 24.7. The van der Waals surface area contributed by atoms with Crippen molar-refractivity contribution < 1.29 is 4.57 Å². The minimum atomic E-state index is 1.16. The lowest BCUT2D eigenvalue weighted by Gasteiger charge is -2.09. The second-order valence-corrected chi connectivity index (χ2v) is 12.0. The third-order valence-corrected chi connectivity index (χ3v) is 8.28. The molecule has 0 fully saturated rings. The normalized spacial score (nSPS) is 11.4. The van der Waals surface area contributed by atoms with Crippen molar-refractivity contribution in [3.05, 3.63) is 29.6 Å². The SMILES string of the molecule is CCCCCCCCCCCCCCc1cc[n+](CCC)cc1CCCCCCCCCCCCCC. The molecule has 0 aliphatic carbocycles. The highest BCUT2D eigenvalue weighted by Crippen LogP contribution is 2.18. The molecule has 0 aromatic carbocycles. The van der Waals surface area contributed by atoms with E-state index in [2.05, 4.69) is 43.8 Å². The molecule has 0 aliphatic rings. The molecule has 0 N–H and O–H groups in total. The summed E-state index contributed by atoms with van der Waals surface area (Å²) >= 11 is 0. The summed E-state index contributed by atoms with van der Waals surface area (Å²) in [5.74, 6) is 0. The molecule has 0 amide bonds. The number of pyridine rings is 1. The van der Waals surface area contributed by atoms with Gasteiger partial charge in [-0.2, -0.15) is 0 Å². The van der Waals surface area contributed by atoms with Gasteiger partial charge in [-0.05, 0) is 31.2 Å². The van der Waals surface area contributed by atoms with Crippen molar-refractivity contribution in [1.29, 1.82) is 0 Å². The van der Waals surface area contributed by atoms with Crippen molar-refractivity contribution in [2.45, 2.75) is 201 Å². The average Bonchev–Trinajstić information content (AvgIpc) is 2.91. The largest absolute Gasteiger partial charge is 0.205 e. The molecule has 0 saturated heterocycles. The molecule has 1 heterocycles. The minimum absolute atomic E-state index is 1.16. The first-order valence-corrected chi connectivity index (χ1v) is 17.3. The Morgan fingerprint density at radius 2 is 0.757 bits per heavy atom. The zero-order chi connectivity index (χ0) is 26.7. The molecule has 0 atom stereocenters. The lowest BCUT2D eigenvalue weighted by Crippen LogP contribution is -2.33. The van der Waals surface area contributed by atoms with Crippen LogP contribution in [0.5, 0.6) is 0 Å². The predicted octanol–water partition coefficient (Wildman–Crippen LogP) is 11.9. The maximum absolute atomic E-state index is 2.48. The van der Waals surface area contributed by atoms with Gasteiger partial charge in [-0.1, -0.05) is 162 Å². The van der Waals surface area contributed by atoms with Gasteiger partial charge in [0.05, 0.1) is 0 Å². The highest BCUT2D eigenvalue weighted by atomic mass is 14.9. The first-order valence-electron chi connectivity index (χ1n) is 17.3. The van der Waals surface area contributed by atoms with Crippen LogP contribution in [0.2, 0.25) is 0 Å². The Morgan fingerprint density at radius 3 is 1.14 bits per heavy atom. The molecule has 0 aliphatic heterocycles. The molecule has 1 aromatic rings. The van der Waals surface area contributed by atoms with Crippen LogP contribution in [-0.4, -0.2) is 0 Å². The van der Waals surface area contributed by atoms with Crippen LogP contribution in [0, 0.1) is 0 Å². The van der Waals surface area contributed by atoms with Gasteiger partial charge in [0.1, 0.15) is 6.54 Å². The molecule has 216 valence electrons. The van der Waals surface area contributed by atoms with Crippen LogP contribution in [-0.2, 0) is 19.4 Å². The lowest BCUT2D eigenvalue weighted by atomic mass is 9.97. The van der Waals surface area contributed by atoms with Gasteiger partial charge >= 0.3 is 0 Å². The monoisotopic (exact) mass is 515 g/mol. The first kappa shape index (κ1) is 34.2. The van der Waals surface area contributed by atoms with Crippen LogP contribution >= 0.6 is 0 Å². The van der Waals surface area contributed by atoms with E-state index in [1.54, 1.807) is 11.1 Å². The van der Waals surface area contributed by atoms with Crippen molar-refractivity contribution in [2.24, 2.45) is 0 Å². The number of aromatic nitrogens is 1. The molecule has 1 nitrogen and oxygen atoms in total. The van der Waals surface area contributed by atoms with E-state index in [0.29, 0.717) is 0 Å². The zero-order valence-electron chi connectivity index (χ0n) is 26.0. The smallest absolute Gasteiger partial charge is 0.172 e. The summed E-state index contributed by atoms with van der Waals surface area (Å²) in [6, 6.07) is 2.45. The van der Waals surface area contributed by atoms with Crippen LogP contribution in [0.4, 0.5) is 0 Å². The molecule has 0 spiro atoms. The van der Waals surface area contributed by atoms with Gasteiger partial charge in [0, 0.05) is 18.1 Å². The summed E-state index contributed by atoms with van der Waals surface area (Å²) in [6.45, 7) is 8.06. The van der Waals surface area contributed by atoms with Gasteiger partial charge in [0.15, 0.2) is 12.4 Å². The van der Waals surface area contributed by atoms with Crippen LogP contribution in [0.3, 0.4) is 0 Å². The first-order chi connectivity index (χ1) is 18.3. The summed E-state index contributed by atoms with van der Waals surface area (Å²) in [7, 11) is 0. The topological polar surface area (TPSA) is 3.88 Å². The van der Waals surface area contributed by atoms with Crippen molar-refractivity contribution in [1.82, 2.24) is 0 Å². The van der Waals surface area contributed by atoms with E-state index >= 15 is 0 Å². The lowest BCUT2D eigenvalue weighted by molar-refractivity contribution is -0.697. The molecule has 1 aromatic heterocycles. The summed E-state index contributed by atoms with van der Waals surface area (Å²) in [4.78, 5) is 0. The molecular weight excluding hydrogens is 446 g/mol. The minimum Gasteiger partial charge on any atom is -0.205 e. The molecule has 1 rings (SSSR count). The fourth-order valence-electron chi connectivity index (χ4n) is 5.80. The van der Waals surface area contributed by atoms with Crippen molar-refractivity contribution in [2.75, 3.05) is 0 Å². The summed E-state index contributed by atoms with van der Waals surface area (Å²) in [6.07, 6.45) is 43.1. The maximum Gasteiger partial charge on any atom is 0.172 e. The Balaban J connectivity index is 2.16. The number of unbranched alkanes of at least 4 members (excludes halogenated alkanes) is 22. The molecule has 0 bridgehead atoms. The Hall–Kier alpha value is -0.850. The third kappa shape index (κ3) is 20.7. The summed E-state index contributed by atoms with van der Waals surface area (Å²) in [5.41, 5.74) is 3.29. The van der Waals surface area contributed by atoms with E-state index in [1.807, 2.05) is 0 Å². The van der Waals surface area contributed by atoms with Crippen molar-refractivity contribution in [3.8, 4) is 0 Å². The van der Waals surface area contributed by atoms with Crippen LogP contribution in [0.25, 0.3) is 0 Å². The molecule has 1 heteroatoms. The fraction of sp³-hybridized carbons (Fsp3) is 0.861. The second kappa shape index (κ2) is 26.7. The van der Waals surface area contributed by atoms with E-state index in [-0.39, 0.29) is 0 Å². The van der Waals surface area contributed by atoms with Gasteiger partial charge in [0.25, 0.3) is 0 Å². The number of hydrogen-bond acceptors (Lipinski definition) is 0. The molecule has 0 saturated carbocycles. The fourth-order valence-corrected chi connectivity index (χ4v) is 5.80. The van der Waals surface area contributed by atoms with Crippen molar-refractivity contribution >= 4 is 0 Å². The number of nitrogens with zero attached hydrogens (tertiary/aromatic N) is 1. The summed E-state index contributed by atoms with van der Waals surface area (Å²) in [5, 5.41) is 0. The second-order valence-electron chi connectivity index (χ2n) is 12.0. The van der Waals surface area contributed by atoms with E-state index in [0.717, 1.165) is 6.54 Å². The van der Waals surface area contributed by atoms with E-state index in [1.165, 1.54) is 173 Å². The quantitative estimate of drug-likeness (QED) is 0.0773. The van der Waals surface area contributed by atoms with E-state index in [9.17, 15) is 0 Å². The molecule has 0 unspecified atom stereocenters.